The fourth-order valence-electron chi connectivity index (χ4n) is 3.28. The number of rotatable bonds is 4. The molecule has 1 aliphatic rings. The van der Waals surface area contributed by atoms with Crippen molar-refractivity contribution in [3.63, 3.8) is 0 Å². The van der Waals surface area contributed by atoms with Crippen molar-refractivity contribution >= 4 is 22.8 Å². The van der Waals surface area contributed by atoms with E-state index in [9.17, 15) is 9.59 Å². The molecule has 2 aromatic rings. The maximum absolute atomic E-state index is 12.5. The number of aromatic nitrogens is 1. The largest absolute Gasteiger partial charge is 0.481 e. The van der Waals surface area contributed by atoms with Gasteiger partial charge in [0.15, 0.2) is 0 Å². The lowest BCUT2D eigenvalue weighted by molar-refractivity contribution is -0.137. The fraction of sp³-hybridized carbons (Fsp3) is 0.412. The smallest absolute Gasteiger partial charge is 0.303 e. The minimum atomic E-state index is -0.845. The number of benzene rings is 1. The first-order chi connectivity index (χ1) is 10.2. The zero-order valence-corrected chi connectivity index (χ0v) is 12.0. The van der Waals surface area contributed by atoms with Gasteiger partial charge in [0.05, 0.1) is 5.52 Å². The first kappa shape index (κ1) is 13.9. The zero-order valence-electron chi connectivity index (χ0n) is 12.0. The van der Waals surface area contributed by atoms with Crippen molar-refractivity contribution in [2.45, 2.75) is 44.9 Å². The van der Waals surface area contributed by atoms with E-state index in [0.717, 1.165) is 30.5 Å². The third kappa shape index (κ3) is 2.58. The average molecular weight is 285 g/mol. The molecule has 1 N–H and O–H groups in total. The summed E-state index contributed by atoms with van der Waals surface area (Å²) < 4.78 is 1.84. The Bertz CT molecular complexity index is 699. The van der Waals surface area contributed by atoms with Gasteiger partial charge < -0.3 is 5.11 Å². The van der Waals surface area contributed by atoms with Crippen molar-refractivity contribution in [2.24, 2.45) is 0 Å². The van der Waals surface area contributed by atoms with E-state index in [4.69, 9.17) is 5.11 Å². The highest BCUT2D eigenvalue weighted by Gasteiger charge is 2.22. The molecule has 0 fully saturated rings. The minimum absolute atomic E-state index is 0.0237. The van der Waals surface area contributed by atoms with Crippen molar-refractivity contribution < 1.29 is 14.7 Å². The number of carboxylic acid groups (broad SMARTS) is 1. The number of carboxylic acids is 1. The van der Waals surface area contributed by atoms with Crippen LogP contribution in [0.15, 0.2) is 24.3 Å². The molecule has 0 aliphatic heterocycles. The second kappa shape index (κ2) is 5.72. The van der Waals surface area contributed by atoms with E-state index in [2.05, 4.69) is 6.07 Å². The van der Waals surface area contributed by atoms with Gasteiger partial charge in [-0.3, -0.25) is 14.2 Å². The van der Waals surface area contributed by atoms with E-state index >= 15 is 0 Å². The van der Waals surface area contributed by atoms with Gasteiger partial charge in [0, 0.05) is 23.9 Å². The van der Waals surface area contributed by atoms with E-state index in [1.807, 2.05) is 22.8 Å². The van der Waals surface area contributed by atoms with Crippen LogP contribution in [0.25, 0.3) is 10.9 Å². The lowest BCUT2D eigenvalue weighted by Gasteiger charge is -2.15. The van der Waals surface area contributed by atoms with E-state index in [0.29, 0.717) is 6.42 Å². The van der Waals surface area contributed by atoms with Crippen molar-refractivity contribution in [1.82, 2.24) is 4.57 Å². The molecular formula is C17H19NO3. The third-order valence-electron chi connectivity index (χ3n) is 4.21. The molecule has 0 amide bonds. The Morgan fingerprint density at radius 3 is 2.67 bits per heavy atom. The van der Waals surface area contributed by atoms with Crippen LogP contribution in [0, 0.1) is 0 Å². The number of nitrogens with zero attached hydrogens (tertiary/aromatic N) is 1. The van der Waals surface area contributed by atoms with E-state index in [1.54, 1.807) is 0 Å². The van der Waals surface area contributed by atoms with Gasteiger partial charge in [-0.2, -0.15) is 0 Å². The molecule has 0 saturated carbocycles. The number of carbonyl (C=O) groups excluding carboxylic acids is 1. The topological polar surface area (TPSA) is 59.3 Å². The molecule has 110 valence electrons. The predicted octanol–water partition coefficient (Wildman–Crippen LogP) is 3.42. The maximum Gasteiger partial charge on any atom is 0.303 e. The van der Waals surface area contributed by atoms with Crippen LogP contribution in [-0.2, 0) is 17.6 Å². The quantitative estimate of drug-likeness (QED) is 0.936. The molecule has 0 unspecified atom stereocenters. The number of aryl methyl sites for hydroxylation is 1. The molecule has 3 rings (SSSR count). The molecule has 0 spiro atoms. The molecule has 0 saturated heterocycles. The highest BCUT2D eigenvalue weighted by atomic mass is 16.4. The Morgan fingerprint density at radius 2 is 1.86 bits per heavy atom. The summed E-state index contributed by atoms with van der Waals surface area (Å²) >= 11 is 0. The van der Waals surface area contributed by atoms with Crippen LogP contribution in [-0.4, -0.2) is 21.6 Å². The SMILES string of the molecule is O=C(O)CCCC(=O)n1c2c(c3ccccc31)CCCC2. The molecule has 0 bridgehead atoms. The average Bonchev–Trinajstić information content (AvgIpc) is 2.81. The molecule has 0 radical (unpaired) electrons. The van der Waals surface area contributed by atoms with Gasteiger partial charge in [0.2, 0.25) is 5.91 Å². The van der Waals surface area contributed by atoms with Crippen LogP contribution >= 0.6 is 0 Å². The minimum Gasteiger partial charge on any atom is -0.481 e. The first-order valence-corrected chi connectivity index (χ1v) is 7.54. The van der Waals surface area contributed by atoms with Crippen LogP contribution in [0.4, 0.5) is 0 Å². The van der Waals surface area contributed by atoms with Crippen LogP contribution in [0.3, 0.4) is 0 Å². The Balaban J connectivity index is 1.97. The molecule has 1 aromatic carbocycles. The summed E-state index contributed by atoms with van der Waals surface area (Å²) in [5.74, 6) is -0.821. The standard InChI is InChI=1S/C17H19NO3/c19-16(10-5-11-17(20)21)18-14-8-3-1-6-12(14)13-7-2-4-9-15(13)18/h1,3,6,8H,2,4-5,7,9-11H2,(H,20,21). The Hall–Kier alpha value is -2.10. The van der Waals surface area contributed by atoms with Gasteiger partial charge in [0.25, 0.3) is 0 Å². The van der Waals surface area contributed by atoms with Crippen LogP contribution < -0.4 is 0 Å². The Kier molecular flexibility index (Phi) is 3.78. The zero-order chi connectivity index (χ0) is 14.8. The second-order valence-corrected chi connectivity index (χ2v) is 5.63. The molecule has 1 aromatic heterocycles. The van der Waals surface area contributed by atoms with Crippen LogP contribution in [0.5, 0.6) is 0 Å². The first-order valence-electron chi connectivity index (χ1n) is 7.54. The normalized spacial score (nSPS) is 14.1. The Labute approximate surface area is 123 Å². The molecule has 21 heavy (non-hydrogen) atoms. The van der Waals surface area contributed by atoms with E-state index in [1.165, 1.54) is 17.4 Å². The van der Waals surface area contributed by atoms with E-state index in [-0.39, 0.29) is 18.7 Å². The van der Waals surface area contributed by atoms with Gasteiger partial charge >= 0.3 is 5.97 Å². The molecule has 1 aliphatic carbocycles. The molecule has 4 heteroatoms. The monoisotopic (exact) mass is 285 g/mol. The number of hydrogen-bond acceptors (Lipinski definition) is 2. The lowest BCUT2D eigenvalue weighted by Crippen LogP contribution is -2.16. The number of para-hydroxylation sites is 1. The van der Waals surface area contributed by atoms with Crippen molar-refractivity contribution in [3.8, 4) is 0 Å². The Morgan fingerprint density at radius 1 is 1.10 bits per heavy atom. The van der Waals surface area contributed by atoms with Gasteiger partial charge in [0.1, 0.15) is 0 Å². The van der Waals surface area contributed by atoms with Crippen LogP contribution in [0.1, 0.15) is 48.2 Å². The fourth-order valence-corrected chi connectivity index (χ4v) is 3.28. The summed E-state index contributed by atoms with van der Waals surface area (Å²) in [4.78, 5) is 23.1. The van der Waals surface area contributed by atoms with Crippen LogP contribution in [0.2, 0.25) is 0 Å². The number of carbonyl (C=O) groups is 2. The van der Waals surface area contributed by atoms with Gasteiger partial charge in [-0.05, 0) is 43.7 Å². The summed E-state index contributed by atoms with van der Waals surface area (Å²) in [6.45, 7) is 0. The van der Waals surface area contributed by atoms with Gasteiger partial charge in [-0.25, -0.2) is 0 Å². The molecular weight excluding hydrogens is 266 g/mol. The predicted molar refractivity (Wildman–Crippen MR) is 80.7 cm³/mol. The van der Waals surface area contributed by atoms with Crippen molar-refractivity contribution in [2.75, 3.05) is 0 Å². The highest BCUT2D eigenvalue weighted by molar-refractivity contribution is 5.96. The lowest BCUT2D eigenvalue weighted by atomic mass is 9.95. The summed E-state index contributed by atoms with van der Waals surface area (Å²) in [5.41, 5.74) is 3.43. The van der Waals surface area contributed by atoms with E-state index < -0.39 is 5.97 Å². The number of aliphatic carboxylic acids is 1. The third-order valence-corrected chi connectivity index (χ3v) is 4.21. The number of fused-ring (bicyclic) bond motifs is 3. The van der Waals surface area contributed by atoms with Crippen molar-refractivity contribution in [3.05, 3.63) is 35.5 Å². The summed E-state index contributed by atoms with van der Waals surface area (Å²) in [5, 5.41) is 9.88. The van der Waals surface area contributed by atoms with Gasteiger partial charge in [-0.1, -0.05) is 18.2 Å². The van der Waals surface area contributed by atoms with Gasteiger partial charge in [-0.15, -0.1) is 0 Å². The molecule has 0 atom stereocenters. The molecule has 1 heterocycles. The maximum atomic E-state index is 12.5. The second-order valence-electron chi connectivity index (χ2n) is 5.63. The molecule has 4 nitrogen and oxygen atoms in total. The van der Waals surface area contributed by atoms with Crippen molar-refractivity contribution in [1.29, 1.82) is 0 Å². The number of hydrogen-bond donors (Lipinski definition) is 1. The summed E-state index contributed by atoms with van der Waals surface area (Å²) in [6.07, 6.45) is 5.00. The highest BCUT2D eigenvalue weighted by Crippen LogP contribution is 2.32. The summed E-state index contributed by atoms with van der Waals surface area (Å²) in [7, 11) is 0. The summed E-state index contributed by atoms with van der Waals surface area (Å²) in [6, 6.07) is 8.04.